The Labute approximate surface area is 71.0 Å². The maximum absolute atomic E-state index is 4.88. The molecule has 11 heavy (non-hydrogen) atoms. The van der Waals surface area contributed by atoms with E-state index >= 15 is 0 Å². The summed E-state index contributed by atoms with van der Waals surface area (Å²) in [5, 5.41) is 3.87. The molecule has 1 heterocycles. The molecule has 0 N–H and O–H groups in total. The number of nitrogens with zero attached hydrogens (tertiary/aromatic N) is 2. The molecule has 0 bridgehead atoms. The molecule has 0 aliphatic carbocycles. The van der Waals surface area contributed by atoms with E-state index in [1.54, 1.807) is 4.57 Å². The molecule has 1 aromatic heterocycles. The molecule has 3 nitrogen and oxygen atoms in total. The highest BCUT2D eigenvalue weighted by molar-refractivity contribution is 7.71. The van der Waals surface area contributed by atoms with Crippen molar-refractivity contribution in [2.75, 3.05) is 0 Å². The second-order valence-electron chi connectivity index (χ2n) is 3.58. The molecule has 0 aromatic carbocycles. The third-order valence-corrected chi connectivity index (χ3v) is 1.82. The van der Waals surface area contributed by atoms with Gasteiger partial charge < -0.3 is 4.52 Å². The van der Waals surface area contributed by atoms with Gasteiger partial charge in [-0.2, -0.15) is 0 Å². The van der Waals surface area contributed by atoms with E-state index < -0.39 is 0 Å². The highest BCUT2D eigenvalue weighted by Crippen LogP contribution is 2.19. The summed E-state index contributed by atoms with van der Waals surface area (Å²) in [6.07, 6.45) is 0. The van der Waals surface area contributed by atoms with E-state index in [0.29, 0.717) is 4.84 Å². The molecule has 0 fully saturated rings. The molecule has 0 aliphatic heterocycles. The largest absolute Gasteiger partial charge is 0.324 e. The molecule has 1 aromatic rings. The molecular weight excluding hydrogens is 160 g/mol. The van der Waals surface area contributed by atoms with Crippen molar-refractivity contribution in [2.24, 2.45) is 7.05 Å². The zero-order valence-electron chi connectivity index (χ0n) is 7.21. The highest BCUT2D eigenvalue weighted by atomic mass is 32.1. The standard InChI is InChI=1S/C7H12N2OS/c1-7(2,3)5-8-10-6(11)9(5)4/h1-4H3. The molecule has 0 saturated carbocycles. The molecule has 62 valence electrons. The fourth-order valence-corrected chi connectivity index (χ4v) is 1.06. The van der Waals surface area contributed by atoms with Crippen LogP contribution in [0.15, 0.2) is 4.52 Å². The Balaban J connectivity index is 3.26. The highest BCUT2D eigenvalue weighted by Gasteiger charge is 2.20. The van der Waals surface area contributed by atoms with Crippen LogP contribution in [0.5, 0.6) is 0 Å². The van der Waals surface area contributed by atoms with Crippen molar-refractivity contribution in [3.8, 4) is 0 Å². The van der Waals surface area contributed by atoms with Crippen LogP contribution in [0, 0.1) is 4.84 Å². The van der Waals surface area contributed by atoms with Gasteiger partial charge in [-0.15, -0.1) is 0 Å². The van der Waals surface area contributed by atoms with Gasteiger partial charge in [-0.25, -0.2) is 0 Å². The summed E-state index contributed by atoms with van der Waals surface area (Å²) in [6.45, 7) is 6.21. The van der Waals surface area contributed by atoms with Crippen LogP contribution in [0.25, 0.3) is 0 Å². The van der Waals surface area contributed by atoms with Gasteiger partial charge in [-0.1, -0.05) is 25.9 Å². The number of hydrogen-bond acceptors (Lipinski definition) is 3. The fraction of sp³-hybridized carbons (Fsp3) is 0.714. The molecule has 1 rings (SSSR count). The van der Waals surface area contributed by atoms with Crippen LogP contribution in [-0.2, 0) is 12.5 Å². The quantitative estimate of drug-likeness (QED) is 0.561. The lowest BCUT2D eigenvalue weighted by molar-refractivity contribution is 0.383. The van der Waals surface area contributed by atoms with Crippen LogP contribution in [0.3, 0.4) is 0 Å². The Morgan fingerprint density at radius 3 is 2.18 bits per heavy atom. The maximum atomic E-state index is 4.88. The minimum atomic E-state index is -0.00465. The fourth-order valence-electron chi connectivity index (χ4n) is 0.931. The van der Waals surface area contributed by atoms with Crippen molar-refractivity contribution >= 4 is 12.2 Å². The second kappa shape index (κ2) is 2.44. The predicted octanol–water partition coefficient (Wildman–Crippen LogP) is 2.04. The summed E-state index contributed by atoms with van der Waals surface area (Å²) < 4.78 is 6.64. The Kier molecular flexibility index (Phi) is 1.88. The lowest BCUT2D eigenvalue weighted by Crippen LogP contribution is -2.17. The topological polar surface area (TPSA) is 31.0 Å². The van der Waals surface area contributed by atoms with Crippen LogP contribution in [-0.4, -0.2) is 9.72 Å². The molecule has 0 saturated heterocycles. The molecule has 0 aliphatic rings. The average Bonchev–Trinajstić information content (AvgIpc) is 2.11. The van der Waals surface area contributed by atoms with Gasteiger partial charge in [-0.3, -0.25) is 4.57 Å². The first kappa shape index (κ1) is 8.46. The Morgan fingerprint density at radius 2 is 2.00 bits per heavy atom. The molecule has 0 amide bonds. The zero-order chi connectivity index (χ0) is 8.65. The first-order valence-electron chi connectivity index (χ1n) is 3.46. The van der Waals surface area contributed by atoms with E-state index in [9.17, 15) is 0 Å². The number of rotatable bonds is 0. The van der Waals surface area contributed by atoms with Crippen LogP contribution >= 0.6 is 12.2 Å². The monoisotopic (exact) mass is 172 g/mol. The minimum absolute atomic E-state index is 0.00465. The molecule has 4 heteroatoms. The van der Waals surface area contributed by atoms with Gasteiger partial charge in [-0.05, 0) is 12.2 Å². The van der Waals surface area contributed by atoms with E-state index in [0.717, 1.165) is 5.82 Å². The zero-order valence-corrected chi connectivity index (χ0v) is 8.03. The lowest BCUT2D eigenvalue weighted by Gasteiger charge is -2.14. The summed E-state index contributed by atoms with van der Waals surface area (Å²) in [7, 11) is 1.86. The average molecular weight is 172 g/mol. The molecular formula is C7H12N2OS. The summed E-state index contributed by atoms with van der Waals surface area (Å²) in [5.74, 6) is 0.877. The van der Waals surface area contributed by atoms with Gasteiger partial charge in [0.15, 0.2) is 5.82 Å². The van der Waals surface area contributed by atoms with E-state index in [-0.39, 0.29) is 5.41 Å². The molecule has 0 atom stereocenters. The van der Waals surface area contributed by atoms with Gasteiger partial charge in [0.2, 0.25) is 0 Å². The third kappa shape index (κ3) is 1.50. The smallest absolute Gasteiger partial charge is 0.297 e. The van der Waals surface area contributed by atoms with Gasteiger partial charge in [0.05, 0.1) is 0 Å². The normalized spacial score (nSPS) is 12.0. The van der Waals surface area contributed by atoms with Gasteiger partial charge >= 0.3 is 0 Å². The van der Waals surface area contributed by atoms with Crippen LogP contribution in [0.4, 0.5) is 0 Å². The number of hydrogen-bond donors (Lipinski definition) is 0. The molecule has 0 spiro atoms. The molecule has 0 radical (unpaired) electrons. The van der Waals surface area contributed by atoms with E-state index in [4.69, 9.17) is 16.7 Å². The van der Waals surface area contributed by atoms with Crippen molar-refractivity contribution < 1.29 is 4.52 Å². The van der Waals surface area contributed by atoms with Crippen molar-refractivity contribution in [1.82, 2.24) is 9.72 Å². The van der Waals surface area contributed by atoms with Gasteiger partial charge in [0.25, 0.3) is 4.84 Å². The summed E-state index contributed by atoms with van der Waals surface area (Å²) in [4.78, 5) is 0.426. The van der Waals surface area contributed by atoms with E-state index in [1.807, 2.05) is 7.05 Å². The van der Waals surface area contributed by atoms with Crippen LogP contribution in [0.1, 0.15) is 26.6 Å². The summed E-state index contributed by atoms with van der Waals surface area (Å²) in [6, 6.07) is 0. The van der Waals surface area contributed by atoms with Crippen LogP contribution < -0.4 is 0 Å². The van der Waals surface area contributed by atoms with E-state index in [2.05, 4.69) is 25.9 Å². The van der Waals surface area contributed by atoms with E-state index in [1.165, 1.54) is 0 Å². The predicted molar refractivity (Wildman–Crippen MR) is 45.0 cm³/mol. The lowest BCUT2D eigenvalue weighted by atomic mass is 9.96. The summed E-state index contributed by atoms with van der Waals surface area (Å²) >= 11 is 4.88. The van der Waals surface area contributed by atoms with Crippen molar-refractivity contribution in [2.45, 2.75) is 26.2 Å². The van der Waals surface area contributed by atoms with Gasteiger partial charge in [0.1, 0.15) is 0 Å². The maximum Gasteiger partial charge on any atom is 0.297 e. The summed E-state index contributed by atoms with van der Waals surface area (Å²) in [5.41, 5.74) is -0.00465. The molecule has 0 unspecified atom stereocenters. The number of aromatic nitrogens is 2. The first-order valence-corrected chi connectivity index (χ1v) is 3.87. The minimum Gasteiger partial charge on any atom is -0.324 e. The first-order chi connectivity index (χ1) is 4.93. The van der Waals surface area contributed by atoms with Crippen molar-refractivity contribution in [3.63, 3.8) is 0 Å². The van der Waals surface area contributed by atoms with Crippen molar-refractivity contribution in [3.05, 3.63) is 10.7 Å². The van der Waals surface area contributed by atoms with Gasteiger partial charge in [0, 0.05) is 12.5 Å². The Bertz CT molecular complexity index is 305. The Hall–Kier alpha value is -0.640. The van der Waals surface area contributed by atoms with Crippen molar-refractivity contribution in [1.29, 1.82) is 0 Å². The third-order valence-electron chi connectivity index (χ3n) is 1.47. The Morgan fingerprint density at radius 1 is 1.45 bits per heavy atom. The second-order valence-corrected chi connectivity index (χ2v) is 3.93. The SMILES string of the molecule is Cn1c(C(C)(C)C)noc1=S. The van der Waals surface area contributed by atoms with Crippen LogP contribution in [0.2, 0.25) is 0 Å².